The standard InChI is InChI=1S/C14H17N3O.ClH/c1-14(5-7-15-9-14)13(18)17-11-2-3-12-10(8-11)4-6-16-12;/h2-4,6,8,15-16H,5,7,9H2,1H3,(H,17,18);1H. The molecule has 19 heavy (non-hydrogen) atoms. The molecule has 1 aromatic carbocycles. The molecule has 2 heterocycles. The van der Waals surface area contributed by atoms with E-state index in [0.717, 1.165) is 36.1 Å². The van der Waals surface area contributed by atoms with Gasteiger partial charge in [-0.2, -0.15) is 0 Å². The fourth-order valence-corrected chi connectivity index (χ4v) is 2.42. The minimum atomic E-state index is -0.285. The summed E-state index contributed by atoms with van der Waals surface area (Å²) in [5.74, 6) is 0.0994. The molecule has 102 valence electrons. The molecule has 0 bridgehead atoms. The predicted molar refractivity (Wildman–Crippen MR) is 79.8 cm³/mol. The number of anilines is 1. The average molecular weight is 280 g/mol. The van der Waals surface area contributed by atoms with Crippen molar-refractivity contribution in [2.45, 2.75) is 13.3 Å². The SMILES string of the molecule is CC1(C(=O)Nc2ccc3[nH]ccc3c2)CCNC1.Cl. The fraction of sp³-hybridized carbons (Fsp3) is 0.357. The molecule has 1 amide bonds. The minimum absolute atomic E-state index is 0. The van der Waals surface area contributed by atoms with Crippen LogP contribution in [0.4, 0.5) is 5.69 Å². The quantitative estimate of drug-likeness (QED) is 0.791. The Labute approximate surface area is 118 Å². The Morgan fingerprint density at radius 3 is 2.95 bits per heavy atom. The Balaban J connectivity index is 0.00000133. The maximum atomic E-state index is 12.3. The van der Waals surface area contributed by atoms with E-state index in [0.29, 0.717) is 0 Å². The van der Waals surface area contributed by atoms with Gasteiger partial charge in [0.2, 0.25) is 5.91 Å². The molecule has 0 spiro atoms. The summed E-state index contributed by atoms with van der Waals surface area (Å²) in [6, 6.07) is 7.92. The van der Waals surface area contributed by atoms with E-state index in [-0.39, 0.29) is 23.7 Å². The van der Waals surface area contributed by atoms with Gasteiger partial charge in [-0.25, -0.2) is 0 Å². The van der Waals surface area contributed by atoms with Crippen molar-refractivity contribution in [2.75, 3.05) is 18.4 Å². The number of amides is 1. The number of H-pyrrole nitrogens is 1. The number of aromatic amines is 1. The van der Waals surface area contributed by atoms with Crippen LogP contribution in [0.3, 0.4) is 0 Å². The first-order valence-corrected chi connectivity index (χ1v) is 6.27. The molecule has 0 radical (unpaired) electrons. The molecule has 3 rings (SSSR count). The number of carbonyl (C=O) groups excluding carboxylic acids is 1. The Morgan fingerprint density at radius 1 is 1.37 bits per heavy atom. The summed E-state index contributed by atoms with van der Waals surface area (Å²) >= 11 is 0. The summed E-state index contributed by atoms with van der Waals surface area (Å²) in [5.41, 5.74) is 1.66. The minimum Gasteiger partial charge on any atom is -0.361 e. The fourth-order valence-electron chi connectivity index (χ4n) is 2.42. The van der Waals surface area contributed by atoms with E-state index < -0.39 is 0 Å². The second-order valence-corrected chi connectivity index (χ2v) is 5.22. The molecule has 1 unspecified atom stereocenters. The molecule has 5 heteroatoms. The van der Waals surface area contributed by atoms with E-state index in [1.807, 2.05) is 37.4 Å². The van der Waals surface area contributed by atoms with E-state index >= 15 is 0 Å². The first-order valence-electron chi connectivity index (χ1n) is 6.27. The van der Waals surface area contributed by atoms with Crippen LogP contribution in [0, 0.1) is 5.41 Å². The first kappa shape index (κ1) is 13.9. The van der Waals surface area contributed by atoms with E-state index in [2.05, 4.69) is 15.6 Å². The summed E-state index contributed by atoms with van der Waals surface area (Å²) in [6.45, 7) is 3.68. The summed E-state index contributed by atoms with van der Waals surface area (Å²) in [6.07, 6.45) is 2.80. The molecule has 4 nitrogen and oxygen atoms in total. The topological polar surface area (TPSA) is 56.9 Å². The van der Waals surface area contributed by atoms with Crippen LogP contribution in [0.5, 0.6) is 0 Å². The smallest absolute Gasteiger partial charge is 0.231 e. The number of rotatable bonds is 2. The zero-order valence-electron chi connectivity index (χ0n) is 10.8. The number of hydrogen-bond acceptors (Lipinski definition) is 2. The van der Waals surface area contributed by atoms with Crippen LogP contribution in [0.1, 0.15) is 13.3 Å². The van der Waals surface area contributed by atoms with Gasteiger partial charge in [-0.15, -0.1) is 12.4 Å². The van der Waals surface area contributed by atoms with Crippen molar-refractivity contribution in [1.82, 2.24) is 10.3 Å². The molecule has 3 N–H and O–H groups in total. The van der Waals surface area contributed by atoms with Crippen molar-refractivity contribution in [3.63, 3.8) is 0 Å². The van der Waals surface area contributed by atoms with E-state index in [9.17, 15) is 4.79 Å². The molecule has 1 aliphatic rings. The third-order valence-corrected chi connectivity index (χ3v) is 3.73. The van der Waals surface area contributed by atoms with Crippen molar-refractivity contribution in [1.29, 1.82) is 0 Å². The Kier molecular flexibility index (Phi) is 3.83. The van der Waals surface area contributed by atoms with Gasteiger partial charge in [0.05, 0.1) is 5.41 Å². The van der Waals surface area contributed by atoms with Crippen molar-refractivity contribution in [3.05, 3.63) is 30.5 Å². The zero-order chi connectivity index (χ0) is 12.6. The van der Waals surface area contributed by atoms with Crippen LogP contribution < -0.4 is 10.6 Å². The van der Waals surface area contributed by atoms with Gasteiger partial charge in [-0.3, -0.25) is 4.79 Å². The van der Waals surface area contributed by atoms with Crippen LogP contribution in [-0.4, -0.2) is 24.0 Å². The molecule has 1 aromatic heterocycles. The Bertz CT molecular complexity index is 587. The zero-order valence-corrected chi connectivity index (χ0v) is 11.6. The third-order valence-electron chi connectivity index (χ3n) is 3.73. The van der Waals surface area contributed by atoms with Gasteiger partial charge in [0.25, 0.3) is 0 Å². The number of aromatic nitrogens is 1. The molecule has 0 saturated carbocycles. The number of carbonyl (C=O) groups is 1. The summed E-state index contributed by atoms with van der Waals surface area (Å²) in [7, 11) is 0. The van der Waals surface area contributed by atoms with Crippen molar-refractivity contribution < 1.29 is 4.79 Å². The highest BCUT2D eigenvalue weighted by Crippen LogP contribution is 2.27. The highest BCUT2D eigenvalue weighted by Gasteiger charge is 2.36. The van der Waals surface area contributed by atoms with Crippen LogP contribution in [0.15, 0.2) is 30.5 Å². The molecular weight excluding hydrogens is 262 g/mol. The molecule has 1 atom stereocenters. The van der Waals surface area contributed by atoms with Crippen LogP contribution in [0.2, 0.25) is 0 Å². The van der Waals surface area contributed by atoms with Crippen LogP contribution >= 0.6 is 12.4 Å². The van der Waals surface area contributed by atoms with Crippen molar-refractivity contribution >= 4 is 34.9 Å². The van der Waals surface area contributed by atoms with Crippen molar-refractivity contribution in [3.8, 4) is 0 Å². The maximum Gasteiger partial charge on any atom is 0.231 e. The number of fused-ring (bicyclic) bond motifs is 1. The van der Waals surface area contributed by atoms with Gasteiger partial charge in [0, 0.05) is 29.3 Å². The van der Waals surface area contributed by atoms with Gasteiger partial charge in [0.1, 0.15) is 0 Å². The van der Waals surface area contributed by atoms with Gasteiger partial charge >= 0.3 is 0 Å². The van der Waals surface area contributed by atoms with Gasteiger partial charge in [-0.1, -0.05) is 0 Å². The molecule has 1 fully saturated rings. The number of hydrogen-bond donors (Lipinski definition) is 3. The lowest BCUT2D eigenvalue weighted by Gasteiger charge is -2.21. The van der Waals surface area contributed by atoms with E-state index in [1.165, 1.54) is 0 Å². The molecular formula is C14H18ClN3O. The van der Waals surface area contributed by atoms with Crippen molar-refractivity contribution in [2.24, 2.45) is 5.41 Å². The van der Waals surface area contributed by atoms with E-state index in [4.69, 9.17) is 0 Å². The van der Waals surface area contributed by atoms with Crippen LogP contribution in [-0.2, 0) is 4.79 Å². The molecule has 1 aliphatic heterocycles. The molecule has 2 aromatic rings. The Hall–Kier alpha value is -1.52. The summed E-state index contributed by atoms with van der Waals surface area (Å²) in [5, 5.41) is 7.37. The van der Waals surface area contributed by atoms with Gasteiger partial charge in [0.15, 0.2) is 0 Å². The number of halogens is 1. The van der Waals surface area contributed by atoms with Crippen LogP contribution in [0.25, 0.3) is 10.9 Å². The van der Waals surface area contributed by atoms with Gasteiger partial charge < -0.3 is 15.6 Å². The lowest BCUT2D eigenvalue weighted by atomic mass is 9.89. The normalized spacial score (nSPS) is 22.2. The monoisotopic (exact) mass is 279 g/mol. The average Bonchev–Trinajstić information content (AvgIpc) is 2.98. The third kappa shape index (κ3) is 2.60. The lowest BCUT2D eigenvalue weighted by Crippen LogP contribution is -2.35. The second kappa shape index (κ2) is 5.23. The maximum absolute atomic E-state index is 12.3. The number of benzene rings is 1. The highest BCUT2D eigenvalue weighted by atomic mass is 35.5. The largest absolute Gasteiger partial charge is 0.361 e. The second-order valence-electron chi connectivity index (χ2n) is 5.22. The van der Waals surface area contributed by atoms with E-state index in [1.54, 1.807) is 0 Å². The number of nitrogens with one attached hydrogen (secondary N) is 3. The molecule has 0 aliphatic carbocycles. The molecule has 1 saturated heterocycles. The summed E-state index contributed by atoms with van der Waals surface area (Å²) in [4.78, 5) is 15.4. The summed E-state index contributed by atoms with van der Waals surface area (Å²) < 4.78 is 0. The lowest BCUT2D eigenvalue weighted by molar-refractivity contribution is -0.123. The Morgan fingerprint density at radius 2 is 2.21 bits per heavy atom. The highest BCUT2D eigenvalue weighted by molar-refractivity contribution is 5.97. The van der Waals surface area contributed by atoms with Gasteiger partial charge in [-0.05, 0) is 44.2 Å². The first-order chi connectivity index (χ1) is 8.67. The predicted octanol–water partition coefficient (Wildman–Crippen LogP) is 2.53.